The van der Waals surface area contributed by atoms with E-state index in [0.717, 1.165) is 12.8 Å². The van der Waals surface area contributed by atoms with Gasteiger partial charge in [0.2, 0.25) is 0 Å². The SMILES string of the molecule is C=CCN(CCO)C(=O)N1C2CCC1C(C(=O)O)C2. The second-order valence-corrected chi connectivity index (χ2v) is 5.13. The van der Waals surface area contributed by atoms with Crippen LogP contribution in [0.25, 0.3) is 0 Å². The third-order valence-corrected chi connectivity index (χ3v) is 4.06. The van der Waals surface area contributed by atoms with Gasteiger partial charge in [-0.05, 0) is 19.3 Å². The van der Waals surface area contributed by atoms with E-state index in [-0.39, 0.29) is 31.3 Å². The van der Waals surface area contributed by atoms with Gasteiger partial charge in [-0.1, -0.05) is 6.08 Å². The Morgan fingerprint density at radius 3 is 2.68 bits per heavy atom. The van der Waals surface area contributed by atoms with E-state index >= 15 is 0 Å². The lowest BCUT2D eigenvalue weighted by molar-refractivity contribution is -0.142. The fourth-order valence-corrected chi connectivity index (χ4v) is 3.26. The van der Waals surface area contributed by atoms with E-state index < -0.39 is 11.9 Å². The van der Waals surface area contributed by atoms with Crippen LogP contribution in [-0.4, -0.2) is 63.8 Å². The van der Waals surface area contributed by atoms with Crippen LogP contribution < -0.4 is 0 Å². The van der Waals surface area contributed by atoms with Crippen LogP contribution in [0.4, 0.5) is 4.79 Å². The smallest absolute Gasteiger partial charge is 0.320 e. The zero-order chi connectivity index (χ0) is 14.0. The van der Waals surface area contributed by atoms with E-state index in [1.54, 1.807) is 11.0 Å². The van der Waals surface area contributed by atoms with E-state index in [0.29, 0.717) is 13.0 Å². The molecule has 3 unspecified atom stereocenters. The molecule has 2 N–H and O–H groups in total. The fourth-order valence-electron chi connectivity index (χ4n) is 3.26. The van der Waals surface area contributed by atoms with Crippen molar-refractivity contribution < 1.29 is 19.8 Å². The van der Waals surface area contributed by atoms with E-state index in [4.69, 9.17) is 5.11 Å². The molecule has 19 heavy (non-hydrogen) atoms. The molecule has 2 saturated heterocycles. The van der Waals surface area contributed by atoms with Gasteiger partial charge in [-0.2, -0.15) is 0 Å². The minimum absolute atomic E-state index is 0.0320. The third kappa shape index (κ3) is 2.45. The molecule has 2 rings (SSSR count). The minimum Gasteiger partial charge on any atom is -0.481 e. The monoisotopic (exact) mass is 268 g/mol. The first kappa shape index (κ1) is 13.9. The number of carbonyl (C=O) groups is 2. The maximum Gasteiger partial charge on any atom is 0.320 e. The molecule has 0 aromatic rings. The van der Waals surface area contributed by atoms with E-state index in [2.05, 4.69) is 6.58 Å². The lowest BCUT2D eigenvalue weighted by Gasteiger charge is -2.30. The van der Waals surface area contributed by atoms with Crippen LogP contribution in [-0.2, 0) is 4.79 Å². The normalized spacial score (nSPS) is 28.5. The molecule has 2 fully saturated rings. The predicted octanol–water partition coefficient (Wildman–Crippen LogP) is 0.524. The second kappa shape index (κ2) is 5.61. The van der Waals surface area contributed by atoms with Gasteiger partial charge < -0.3 is 20.0 Å². The van der Waals surface area contributed by atoms with Gasteiger partial charge in [-0.15, -0.1) is 6.58 Å². The average Bonchev–Trinajstić information content (AvgIpc) is 2.95. The number of hydrogen-bond donors (Lipinski definition) is 2. The van der Waals surface area contributed by atoms with Gasteiger partial charge in [-0.3, -0.25) is 4.79 Å². The second-order valence-electron chi connectivity index (χ2n) is 5.13. The Labute approximate surface area is 112 Å². The van der Waals surface area contributed by atoms with Crippen molar-refractivity contribution in [1.82, 2.24) is 9.80 Å². The molecule has 2 heterocycles. The Kier molecular flexibility index (Phi) is 4.09. The number of aliphatic hydroxyl groups excluding tert-OH is 1. The number of urea groups is 1. The van der Waals surface area contributed by atoms with Gasteiger partial charge in [0.1, 0.15) is 0 Å². The van der Waals surface area contributed by atoms with Gasteiger partial charge in [0.05, 0.1) is 12.5 Å². The number of amides is 2. The van der Waals surface area contributed by atoms with Crippen LogP contribution in [0.1, 0.15) is 19.3 Å². The summed E-state index contributed by atoms with van der Waals surface area (Å²) in [6.07, 6.45) is 3.79. The molecule has 0 radical (unpaired) electrons. The number of carboxylic acids is 1. The maximum atomic E-state index is 12.5. The largest absolute Gasteiger partial charge is 0.481 e. The number of carboxylic acid groups (broad SMARTS) is 1. The number of hydrogen-bond acceptors (Lipinski definition) is 3. The van der Waals surface area contributed by atoms with Gasteiger partial charge in [-0.25, -0.2) is 4.79 Å². The molecule has 0 aromatic carbocycles. The summed E-state index contributed by atoms with van der Waals surface area (Å²) >= 11 is 0. The van der Waals surface area contributed by atoms with Crippen molar-refractivity contribution in [2.75, 3.05) is 19.7 Å². The molecule has 0 aliphatic carbocycles. The molecular weight excluding hydrogens is 248 g/mol. The van der Waals surface area contributed by atoms with Gasteiger partial charge in [0.25, 0.3) is 0 Å². The van der Waals surface area contributed by atoms with Crippen LogP contribution >= 0.6 is 0 Å². The van der Waals surface area contributed by atoms with Crippen molar-refractivity contribution in [1.29, 1.82) is 0 Å². The Balaban J connectivity index is 2.11. The predicted molar refractivity (Wildman–Crippen MR) is 68.6 cm³/mol. The summed E-state index contributed by atoms with van der Waals surface area (Å²) in [5.74, 6) is -1.26. The maximum absolute atomic E-state index is 12.5. The van der Waals surface area contributed by atoms with Gasteiger partial charge >= 0.3 is 12.0 Å². The summed E-state index contributed by atoms with van der Waals surface area (Å²) in [5, 5.41) is 18.2. The third-order valence-electron chi connectivity index (χ3n) is 4.06. The highest BCUT2D eigenvalue weighted by Gasteiger charge is 2.52. The molecule has 2 bridgehead atoms. The van der Waals surface area contributed by atoms with Crippen molar-refractivity contribution in [2.24, 2.45) is 5.92 Å². The zero-order valence-corrected chi connectivity index (χ0v) is 10.9. The Bertz CT molecular complexity index is 385. The number of nitrogens with zero attached hydrogens (tertiary/aromatic N) is 2. The Morgan fingerprint density at radius 2 is 2.16 bits per heavy atom. The topological polar surface area (TPSA) is 81.1 Å². The standard InChI is InChI=1S/C13H20N2O4/c1-2-5-14(6-7-16)13(19)15-9-3-4-11(15)10(8-9)12(17)18/h2,9-11,16H,1,3-8H2,(H,17,18). The average molecular weight is 268 g/mol. The van der Waals surface area contributed by atoms with E-state index in [1.807, 2.05) is 0 Å². The van der Waals surface area contributed by atoms with Crippen LogP contribution in [0, 0.1) is 5.92 Å². The molecule has 6 nitrogen and oxygen atoms in total. The molecule has 2 aliphatic heterocycles. The zero-order valence-electron chi connectivity index (χ0n) is 10.9. The first-order valence-electron chi connectivity index (χ1n) is 6.62. The summed E-state index contributed by atoms with van der Waals surface area (Å²) in [5.41, 5.74) is 0. The van der Waals surface area contributed by atoms with Crippen molar-refractivity contribution >= 4 is 12.0 Å². The summed E-state index contributed by atoms with van der Waals surface area (Å²) in [6, 6.07) is -0.337. The Hall–Kier alpha value is -1.56. The van der Waals surface area contributed by atoms with Crippen molar-refractivity contribution in [3.63, 3.8) is 0 Å². The molecule has 106 valence electrons. The lowest BCUT2D eigenvalue weighted by atomic mass is 9.89. The van der Waals surface area contributed by atoms with Gasteiger partial charge in [0, 0.05) is 25.2 Å². The molecule has 6 heteroatoms. The van der Waals surface area contributed by atoms with Crippen LogP contribution in [0.5, 0.6) is 0 Å². The number of fused-ring (bicyclic) bond motifs is 2. The number of rotatable bonds is 5. The van der Waals surface area contributed by atoms with Crippen molar-refractivity contribution in [2.45, 2.75) is 31.3 Å². The van der Waals surface area contributed by atoms with Crippen LogP contribution in [0.2, 0.25) is 0 Å². The summed E-state index contributed by atoms with van der Waals surface area (Å²) < 4.78 is 0. The van der Waals surface area contributed by atoms with Crippen molar-refractivity contribution in [3.05, 3.63) is 12.7 Å². The quantitative estimate of drug-likeness (QED) is 0.712. The van der Waals surface area contributed by atoms with Crippen molar-refractivity contribution in [3.8, 4) is 0 Å². The molecule has 2 amide bonds. The molecular formula is C13H20N2O4. The Morgan fingerprint density at radius 1 is 1.42 bits per heavy atom. The molecule has 3 atom stereocenters. The van der Waals surface area contributed by atoms with E-state index in [9.17, 15) is 14.7 Å². The molecule has 0 saturated carbocycles. The number of carbonyl (C=O) groups excluding carboxylic acids is 1. The fraction of sp³-hybridized carbons (Fsp3) is 0.692. The van der Waals surface area contributed by atoms with E-state index in [1.165, 1.54) is 4.90 Å². The molecule has 0 spiro atoms. The number of aliphatic hydroxyl groups is 1. The molecule has 0 aromatic heterocycles. The first-order chi connectivity index (χ1) is 9.10. The minimum atomic E-state index is -0.817. The summed E-state index contributed by atoms with van der Waals surface area (Å²) in [4.78, 5) is 26.9. The highest BCUT2D eigenvalue weighted by atomic mass is 16.4. The van der Waals surface area contributed by atoms with Crippen LogP contribution in [0.3, 0.4) is 0 Å². The lowest BCUT2D eigenvalue weighted by Crippen LogP contribution is -2.47. The summed E-state index contributed by atoms with van der Waals surface area (Å²) in [7, 11) is 0. The number of aliphatic carboxylic acids is 1. The highest BCUT2D eigenvalue weighted by Crippen LogP contribution is 2.42. The van der Waals surface area contributed by atoms with Crippen LogP contribution in [0.15, 0.2) is 12.7 Å². The molecule has 2 aliphatic rings. The first-order valence-corrected chi connectivity index (χ1v) is 6.62. The summed E-state index contributed by atoms with van der Waals surface area (Å²) in [6.45, 7) is 4.11. The van der Waals surface area contributed by atoms with Gasteiger partial charge in [0.15, 0.2) is 0 Å². The highest BCUT2D eigenvalue weighted by molar-refractivity contribution is 5.79.